The summed E-state index contributed by atoms with van der Waals surface area (Å²) in [6.07, 6.45) is 0. The van der Waals surface area contributed by atoms with E-state index in [2.05, 4.69) is 12.6 Å². The van der Waals surface area contributed by atoms with E-state index < -0.39 is 23.2 Å². The normalized spacial score (nSPS) is 9.92. The van der Waals surface area contributed by atoms with E-state index in [0.29, 0.717) is 0 Å². The molecule has 0 spiro atoms. The van der Waals surface area contributed by atoms with E-state index in [4.69, 9.17) is 5.11 Å². The zero-order valence-corrected chi connectivity index (χ0v) is 6.61. The Balaban J connectivity index is 3.43. The van der Waals surface area contributed by atoms with Crippen molar-refractivity contribution in [2.75, 3.05) is 0 Å². The Morgan fingerprint density at radius 2 is 2.00 bits per heavy atom. The van der Waals surface area contributed by atoms with Gasteiger partial charge in [-0.2, -0.15) is 0 Å². The van der Waals surface area contributed by atoms with Crippen molar-refractivity contribution in [2.45, 2.75) is 4.90 Å². The number of carboxylic acids is 1. The van der Waals surface area contributed by atoms with Gasteiger partial charge in [-0.3, -0.25) is 0 Å². The van der Waals surface area contributed by atoms with E-state index in [1.165, 1.54) is 0 Å². The average Bonchev–Trinajstić information content (AvgIpc) is 1.97. The first-order valence-electron chi connectivity index (χ1n) is 2.94. The number of aromatic carboxylic acids is 1. The minimum Gasteiger partial charge on any atom is -0.477 e. The number of benzene rings is 1. The summed E-state index contributed by atoms with van der Waals surface area (Å²) in [5, 5.41) is 8.36. The lowest BCUT2D eigenvalue weighted by Crippen LogP contribution is -2.04. The van der Waals surface area contributed by atoms with Crippen molar-refractivity contribution >= 4 is 18.6 Å². The predicted octanol–water partition coefficient (Wildman–Crippen LogP) is 1.95. The fraction of sp³-hybridized carbons (Fsp3) is 0. The minimum absolute atomic E-state index is 0.186. The van der Waals surface area contributed by atoms with Gasteiger partial charge in [0.15, 0.2) is 5.82 Å². The molecule has 1 aromatic rings. The van der Waals surface area contributed by atoms with Crippen LogP contribution < -0.4 is 0 Å². The standard InChI is InChI=1S/C7H4F2O2S/c8-3-1-2-4(12)6(9)5(3)7(10)11/h1-2,12H,(H,10,11). The maximum atomic E-state index is 12.8. The van der Waals surface area contributed by atoms with Gasteiger partial charge in [-0.1, -0.05) is 0 Å². The molecule has 0 saturated carbocycles. The van der Waals surface area contributed by atoms with Crippen molar-refractivity contribution in [3.05, 3.63) is 29.3 Å². The lowest BCUT2D eigenvalue weighted by molar-refractivity contribution is 0.0685. The van der Waals surface area contributed by atoms with E-state index >= 15 is 0 Å². The maximum absolute atomic E-state index is 12.8. The molecule has 0 unspecified atom stereocenters. The second-order valence-electron chi connectivity index (χ2n) is 2.06. The number of rotatable bonds is 1. The average molecular weight is 190 g/mol. The van der Waals surface area contributed by atoms with Crippen LogP contribution >= 0.6 is 12.6 Å². The summed E-state index contributed by atoms with van der Waals surface area (Å²) in [4.78, 5) is 10.1. The van der Waals surface area contributed by atoms with Gasteiger partial charge in [0.05, 0.1) is 0 Å². The van der Waals surface area contributed by atoms with E-state index in [1.54, 1.807) is 0 Å². The monoisotopic (exact) mass is 190 g/mol. The summed E-state index contributed by atoms with van der Waals surface area (Å²) < 4.78 is 25.4. The van der Waals surface area contributed by atoms with Gasteiger partial charge in [-0.15, -0.1) is 12.6 Å². The molecule has 5 heteroatoms. The molecule has 0 saturated heterocycles. The Morgan fingerprint density at radius 1 is 1.42 bits per heavy atom. The Hall–Kier alpha value is -1.10. The molecular weight excluding hydrogens is 186 g/mol. The highest BCUT2D eigenvalue weighted by Crippen LogP contribution is 2.19. The van der Waals surface area contributed by atoms with E-state index in [-0.39, 0.29) is 4.90 Å². The van der Waals surface area contributed by atoms with Crippen molar-refractivity contribution < 1.29 is 18.7 Å². The molecule has 1 N–H and O–H groups in total. The second-order valence-corrected chi connectivity index (χ2v) is 2.54. The predicted molar refractivity (Wildman–Crippen MR) is 40.6 cm³/mol. The fourth-order valence-electron chi connectivity index (χ4n) is 0.738. The van der Waals surface area contributed by atoms with Crippen LogP contribution in [0, 0.1) is 11.6 Å². The van der Waals surface area contributed by atoms with Gasteiger partial charge in [0.25, 0.3) is 0 Å². The first-order valence-corrected chi connectivity index (χ1v) is 3.39. The molecule has 0 heterocycles. The molecule has 1 aromatic carbocycles. The van der Waals surface area contributed by atoms with Crippen LogP contribution in [0.25, 0.3) is 0 Å². The van der Waals surface area contributed by atoms with Crippen LogP contribution in [0.3, 0.4) is 0 Å². The Kier molecular flexibility index (Phi) is 2.32. The Morgan fingerprint density at radius 3 is 2.42 bits per heavy atom. The summed E-state index contributed by atoms with van der Waals surface area (Å²) in [5.41, 5.74) is -0.970. The van der Waals surface area contributed by atoms with Crippen LogP contribution in [-0.4, -0.2) is 11.1 Å². The van der Waals surface area contributed by atoms with E-state index in [9.17, 15) is 13.6 Å². The summed E-state index contributed by atoms with van der Waals surface area (Å²) in [5.74, 6) is -3.88. The highest BCUT2D eigenvalue weighted by molar-refractivity contribution is 7.80. The molecule has 12 heavy (non-hydrogen) atoms. The molecule has 0 radical (unpaired) electrons. The van der Waals surface area contributed by atoms with Gasteiger partial charge in [0.2, 0.25) is 0 Å². The summed E-state index contributed by atoms with van der Waals surface area (Å²) >= 11 is 3.60. The molecule has 0 fully saturated rings. The minimum atomic E-state index is -1.64. The van der Waals surface area contributed by atoms with Crippen molar-refractivity contribution in [1.29, 1.82) is 0 Å². The van der Waals surface area contributed by atoms with Crippen molar-refractivity contribution in [3.8, 4) is 0 Å². The largest absolute Gasteiger partial charge is 0.477 e. The third kappa shape index (κ3) is 1.40. The second kappa shape index (κ2) is 3.10. The molecule has 0 aromatic heterocycles. The van der Waals surface area contributed by atoms with Crippen molar-refractivity contribution in [2.24, 2.45) is 0 Å². The quantitative estimate of drug-likeness (QED) is 0.664. The van der Waals surface area contributed by atoms with E-state index in [0.717, 1.165) is 12.1 Å². The zero-order chi connectivity index (χ0) is 9.30. The van der Waals surface area contributed by atoms with Crippen molar-refractivity contribution in [3.63, 3.8) is 0 Å². The molecule has 2 nitrogen and oxygen atoms in total. The van der Waals surface area contributed by atoms with Gasteiger partial charge in [0.1, 0.15) is 11.4 Å². The SMILES string of the molecule is O=C(O)c1c(F)ccc(S)c1F. The Labute approximate surface area is 72.2 Å². The number of hydrogen-bond acceptors (Lipinski definition) is 2. The van der Waals surface area contributed by atoms with Crippen molar-refractivity contribution in [1.82, 2.24) is 0 Å². The van der Waals surface area contributed by atoms with Gasteiger partial charge in [-0.05, 0) is 12.1 Å². The molecule has 0 aliphatic heterocycles. The topological polar surface area (TPSA) is 37.3 Å². The molecule has 0 aliphatic carbocycles. The number of hydrogen-bond donors (Lipinski definition) is 2. The zero-order valence-electron chi connectivity index (χ0n) is 5.71. The molecule has 0 atom stereocenters. The van der Waals surface area contributed by atoms with Gasteiger partial charge >= 0.3 is 5.97 Å². The molecule has 0 amide bonds. The highest BCUT2D eigenvalue weighted by atomic mass is 32.1. The lowest BCUT2D eigenvalue weighted by Gasteiger charge is -2.00. The summed E-state index contributed by atoms with van der Waals surface area (Å²) in [6.45, 7) is 0. The van der Waals surface area contributed by atoms with Crippen LogP contribution in [-0.2, 0) is 0 Å². The maximum Gasteiger partial charge on any atom is 0.341 e. The molecule has 0 aliphatic rings. The van der Waals surface area contributed by atoms with E-state index in [1.807, 2.05) is 0 Å². The molecular formula is C7H4F2O2S. The molecule has 64 valence electrons. The van der Waals surface area contributed by atoms with Gasteiger partial charge in [-0.25, -0.2) is 13.6 Å². The first kappa shape index (κ1) is 8.99. The highest BCUT2D eigenvalue weighted by Gasteiger charge is 2.17. The van der Waals surface area contributed by atoms with Crippen LogP contribution in [0.5, 0.6) is 0 Å². The van der Waals surface area contributed by atoms with Crippen LogP contribution in [0.2, 0.25) is 0 Å². The number of halogens is 2. The third-order valence-corrected chi connectivity index (χ3v) is 1.63. The smallest absolute Gasteiger partial charge is 0.341 e. The number of carboxylic acid groups (broad SMARTS) is 1. The third-order valence-electron chi connectivity index (χ3n) is 1.28. The van der Waals surface area contributed by atoms with Crippen LogP contribution in [0.1, 0.15) is 10.4 Å². The first-order chi connectivity index (χ1) is 5.54. The number of carbonyl (C=O) groups is 1. The lowest BCUT2D eigenvalue weighted by atomic mass is 10.2. The molecule has 1 rings (SSSR count). The number of thiol groups is 1. The molecule has 0 bridgehead atoms. The van der Waals surface area contributed by atoms with Crippen LogP contribution in [0.4, 0.5) is 8.78 Å². The van der Waals surface area contributed by atoms with Gasteiger partial charge in [0, 0.05) is 4.90 Å². The van der Waals surface area contributed by atoms with Gasteiger partial charge < -0.3 is 5.11 Å². The Bertz CT molecular complexity index is 338. The summed E-state index contributed by atoms with van der Waals surface area (Å²) in [6, 6.07) is 1.91. The van der Waals surface area contributed by atoms with Crippen LogP contribution in [0.15, 0.2) is 17.0 Å². The summed E-state index contributed by atoms with van der Waals surface area (Å²) in [7, 11) is 0. The fourth-order valence-corrected chi connectivity index (χ4v) is 0.924.